The van der Waals surface area contributed by atoms with Crippen LogP contribution in [0.4, 0.5) is 5.13 Å². The predicted molar refractivity (Wildman–Crippen MR) is 78.7 cm³/mol. The SMILES string of the molecule is CCc1nnc(NCc2cccc3c2OCCCO3)s1. The van der Waals surface area contributed by atoms with E-state index in [-0.39, 0.29) is 0 Å². The summed E-state index contributed by atoms with van der Waals surface area (Å²) in [4.78, 5) is 0. The molecule has 1 aromatic carbocycles. The van der Waals surface area contributed by atoms with E-state index in [1.54, 1.807) is 11.3 Å². The molecule has 0 spiro atoms. The van der Waals surface area contributed by atoms with Gasteiger partial charge >= 0.3 is 0 Å². The number of rotatable bonds is 4. The van der Waals surface area contributed by atoms with Gasteiger partial charge in [-0.05, 0) is 12.5 Å². The molecule has 1 aliphatic heterocycles. The Hall–Kier alpha value is -1.82. The van der Waals surface area contributed by atoms with E-state index in [0.717, 1.165) is 40.0 Å². The van der Waals surface area contributed by atoms with E-state index in [1.807, 2.05) is 18.2 Å². The van der Waals surface area contributed by atoms with E-state index >= 15 is 0 Å². The van der Waals surface area contributed by atoms with Gasteiger partial charge in [0, 0.05) is 18.5 Å². The van der Waals surface area contributed by atoms with Crippen LogP contribution in [0.3, 0.4) is 0 Å². The molecular formula is C14H17N3O2S. The Morgan fingerprint density at radius 1 is 1.25 bits per heavy atom. The first kappa shape index (κ1) is 13.2. The van der Waals surface area contributed by atoms with Crippen LogP contribution < -0.4 is 14.8 Å². The highest BCUT2D eigenvalue weighted by Crippen LogP contribution is 2.33. The van der Waals surface area contributed by atoms with Crippen LogP contribution in [0.25, 0.3) is 0 Å². The van der Waals surface area contributed by atoms with Crippen molar-refractivity contribution in [3.63, 3.8) is 0 Å². The molecule has 20 heavy (non-hydrogen) atoms. The number of para-hydroxylation sites is 1. The van der Waals surface area contributed by atoms with Gasteiger partial charge in [-0.3, -0.25) is 0 Å². The first-order valence-corrected chi connectivity index (χ1v) is 7.62. The first-order valence-electron chi connectivity index (χ1n) is 6.80. The summed E-state index contributed by atoms with van der Waals surface area (Å²) in [5.41, 5.74) is 1.08. The summed E-state index contributed by atoms with van der Waals surface area (Å²) in [6, 6.07) is 5.98. The quantitative estimate of drug-likeness (QED) is 0.938. The highest BCUT2D eigenvalue weighted by Gasteiger charge is 2.14. The minimum Gasteiger partial charge on any atom is -0.490 e. The molecule has 5 nitrogen and oxygen atoms in total. The Balaban J connectivity index is 1.74. The normalized spacial score (nSPS) is 13.8. The highest BCUT2D eigenvalue weighted by atomic mass is 32.1. The number of hydrogen-bond acceptors (Lipinski definition) is 6. The van der Waals surface area contributed by atoms with Crippen LogP contribution >= 0.6 is 11.3 Å². The van der Waals surface area contributed by atoms with Crippen molar-refractivity contribution in [3.8, 4) is 11.5 Å². The molecule has 1 aliphatic rings. The maximum Gasteiger partial charge on any atom is 0.205 e. The minimum atomic E-state index is 0.658. The third-order valence-corrected chi connectivity index (χ3v) is 4.08. The molecule has 2 heterocycles. The van der Waals surface area contributed by atoms with Gasteiger partial charge in [0.2, 0.25) is 5.13 Å². The molecule has 1 aromatic heterocycles. The van der Waals surface area contributed by atoms with E-state index in [1.165, 1.54) is 0 Å². The van der Waals surface area contributed by atoms with E-state index in [9.17, 15) is 0 Å². The van der Waals surface area contributed by atoms with E-state index in [0.29, 0.717) is 19.8 Å². The van der Waals surface area contributed by atoms with Gasteiger partial charge in [-0.15, -0.1) is 10.2 Å². The Morgan fingerprint density at radius 2 is 2.15 bits per heavy atom. The van der Waals surface area contributed by atoms with Crippen LogP contribution in [0.15, 0.2) is 18.2 Å². The lowest BCUT2D eigenvalue weighted by atomic mass is 10.2. The van der Waals surface area contributed by atoms with Gasteiger partial charge in [-0.25, -0.2) is 0 Å². The second-order valence-electron chi connectivity index (χ2n) is 4.50. The summed E-state index contributed by atoms with van der Waals surface area (Å²) in [5.74, 6) is 1.67. The molecule has 0 aliphatic carbocycles. The molecule has 0 radical (unpaired) electrons. The molecule has 0 bridgehead atoms. The Bertz CT molecular complexity index is 586. The maximum atomic E-state index is 5.80. The third kappa shape index (κ3) is 2.85. The molecule has 0 amide bonds. The topological polar surface area (TPSA) is 56.3 Å². The minimum absolute atomic E-state index is 0.658. The van der Waals surface area contributed by atoms with E-state index in [4.69, 9.17) is 9.47 Å². The Kier molecular flexibility index (Phi) is 4.01. The van der Waals surface area contributed by atoms with Crippen LogP contribution in [0, 0.1) is 0 Å². The summed E-state index contributed by atoms with van der Waals surface area (Å²) < 4.78 is 11.5. The van der Waals surface area contributed by atoms with Crippen molar-refractivity contribution in [1.82, 2.24) is 10.2 Å². The average Bonchev–Trinajstić information content (AvgIpc) is 2.80. The summed E-state index contributed by atoms with van der Waals surface area (Å²) in [6.07, 6.45) is 1.83. The zero-order valence-electron chi connectivity index (χ0n) is 11.4. The molecule has 0 saturated carbocycles. The Labute approximate surface area is 121 Å². The summed E-state index contributed by atoms with van der Waals surface area (Å²) in [7, 11) is 0. The third-order valence-electron chi connectivity index (χ3n) is 3.05. The van der Waals surface area contributed by atoms with Crippen molar-refractivity contribution in [1.29, 1.82) is 0 Å². The first-order chi connectivity index (χ1) is 9.86. The number of nitrogens with one attached hydrogen (secondary N) is 1. The number of nitrogens with zero attached hydrogens (tertiary/aromatic N) is 2. The molecule has 0 atom stereocenters. The number of fused-ring (bicyclic) bond motifs is 1. The van der Waals surface area contributed by atoms with Gasteiger partial charge in [-0.2, -0.15) is 0 Å². The van der Waals surface area contributed by atoms with Crippen LogP contribution in [0.2, 0.25) is 0 Å². The van der Waals surface area contributed by atoms with Crippen molar-refractivity contribution >= 4 is 16.5 Å². The zero-order valence-corrected chi connectivity index (χ0v) is 12.2. The lowest BCUT2D eigenvalue weighted by molar-refractivity contribution is 0.296. The van der Waals surface area contributed by atoms with Gasteiger partial charge in [0.1, 0.15) is 5.01 Å². The fourth-order valence-electron chi connectivity index (χ4n) is 2.03. The summed E-state index contributed by atoms with van der Waals surface area (Å²) in [5, 5.41) is 13.4. The van der Waals surface area contributed by atoms with Crippen molar-refractivity contribution < 1.29 is 9.47 Å². The van der Waals surface area contributed by atoms with Gasteiger partial charge in [-0.1, -0.05) is 30.4 Å². The second kappa shape index (κ2) is 6.09. The molecule has 3 rings (SSSR count). The number of hydrogen-bond donors (Lipinski definition) is 1. The van der Waals surface area contributed by atoms with Gasteiger partial charge in [0.05, 0.1) is 13.2 Å². The Morgan fingerprint density at radius 3 is 3.00 bits per heavy atom. The second-order valence-corrected chi connectivity index (χ2v) is 5.57. The van der Waals surface area contributed by atoms with Gasteiger partial charge in [0.15, 0.2) is 11.5 Å². The molecule has 6 heteroatoms. The average molecular weight is 291 g/mol. The van der Waals surface area contributed by atoms with Crippen LogP contribution in [0.1, 0.15) is 23.9 Å². The molecule has 0 fully saturated rings. The largest absolute Gasteiger partial charge is 0.490 e. The molecular weight excluding hydrogens is 274 g/mol. The fourth-order valence-corrected chi connectivity index (χ4v) is 2.71. The number of ether oxygens (including phenoxy) is 2. The molecule has 0 saturated heterocycles. The van der Waals surface area contributed by atoms with Crippen molar-refractivity contribution in [2.24, 2.45) is 0 Å². The summed E-state index contributed by atoms with van der Waals surface area (Å²) >= 11 is 1.59. The number of aryl methyl sites for hydroxylation is 1. The van der Waals surface area contributed by atoms with E-state index < -0.39 is 0 Å². The van der Waals surface area contributed by atoms with Gasteiger partial charge in [0.25, 0.3) is 0 Å². The van der Waals surface area contributed by atoms with Crippen LogP contribution in [0.5, 0.6) is 11.5 Å². The van der Waals surface area contributed by atoms with Crippen LogP contribution in [-0.4, -0.2) is 23.4 Å². The standard InChI is InChI=1S/C14H17N3O2S/c1-2-12-16-17-14(20-12)15-9-10-5-3-6-11-13(10)19-8-4-7-18-11/h3,5-6H,2,4,7-9H2,1H3,(H,15,17). The molecule has 2 aromatic rings. The summed E-state index contributed by atoms with van der Waals surface area (Å²) in [6.45, 7) is 4.14. The lowest BCUT2D eigenvalue weighted by Crippen LogP contribution is -2.03. The lowest BCUT2D eigenvalue weighted by Gasteiger charge is -2.12. The number of anilines is 1. The van der Waals surface area contributed by atoms with Crippen molar-refractivity contribution in [3.05, 3.63) is 28.8 Å². The van der Waals surface area contributed by atoms with E-state index in [2.05, 4.69) is 22.4 Å². The maximum absolute atomic E-state index is 5.80. The van der Waals surface area contributed by atoms with Crippen LogP contribution in [-0.2, 0) is 13.0 Å². The molecule has 1 N–H and O–H groups in total. The molecule has 0 unspecified atom stereocenters. The zero-order chi connectivity index (χ0) is 13.8. The van der Waals surface area contributed by atoms with Crippen molar-refractivity contribution in [2.75, 3.05) is 18.5 Å². The highest BCUT2D eigenvalue weighted by molar-refractivity contribution is 7.15. The fraction of sp³-hybridized carbons (Fsp3) is 0.429. The van der Waals surface area contributed by atoms with Crippen molar-refractivity contribution in [2.45, 2.75) is 26.3 Å². The predicted octanol–water partition coefficient (Wildman–Crippen LogP) is 2.87. The van der Waals surface area contributed by atoms with Gasteiger partial charge < -0.3 is 14.8 Å². The monoisotopic (exact) mass is 291 g/mol. The smallest absolute Gasteiger partial charge is 0.205 e. The molecule has 106 valence electrons. The number of aromatic nitrogens is 2. The number of benzene rings is 1.